The number of nitrogens with zero attached hydrogens (tertiary/aromatic N) is 3. The molecule has 0 spiro atoms. The zero-order valence-electron chi connectivity index (χ0n) is 14.7. The zero-order chi connectivity index (χ0) is 17.6. The lowest BCUT2D eigenvalue weighted by Crippen LogP contribution is -2.26. The van der Waals surface area contributed by atoms with Gasteiger partial charge in [0.05, 0.1) is 10.9 Å². The molecule has 5 heteroatoms. The first-order valence-corrected chi connectivity index (χ1v) is 8.62. The summed E-state index contributed by atoms with van der Waals surface area (Å²) in [5.41, 5.74) is 2.32. The van der Waals surface area contributed by atoms with Crippen LogP contribution >= 0.6 is 0 Å². The van der Waals surface area contributed by atoms with Gasteiger partial charge in [-0.1, -0.05) is 18.9 Å². The van der Waals surface area contributed by atoms with Gasteiger partial charge in [0.2, 0.25) is 0 Å². The van der Waals surface area contributed by atoms with E-state index in [0.29, 0.717) is 17.4 Å². The Kier molecular flexibility index (Phi) is 5.42. The van der Waals surface area contributed by atoms with Crippen LogP contribution in [0.15, 0.2) is 40.1 Å². The molecule has 0 saturated carbocycles. The minimum atomic E-state index is 0.0323. The first-order chi connectivity index (χ1) is 12.2. The lowest BCUT2D eigenvalue weighted by Gasteiger charge is -2.09. The van der Waals surface area contributed by atoms with Crippen LogP contribution in [-0.2, 0) is 13.0 Å². The van der Waals surface area contributed by atoms with Gasteiger partial charge in [0, 0.05) is 38.7 Å². The quantitative estimate of drug-likeness (QED) is 0.674. The summed E-state index contributed by atoms with van der Waals surface area (Å²) in [5, 5.41) is 3.95. The van der Waals surface area contributed by atoms with Crippen molar-refractivity contribution < 1.29 is 0 Å². The first-order valence-electron chi connectivity index (χ1n) is 8.62. The molecular formula is C20H22N4O. The predicted molar refractivity (Wildman–Crippen MR) is 102 cm³/mol. The molecule has 0 aliphatic carbocycles. The molecule has 1 aromatic carbocycles. The normalized spacial score (nSPS) is 14.9. The first kappa shape index (κ1) is 17.1. The van der Waals surface area contributed by atoms with E-state index in [2.05, 4.69) is 29.1 Å². The number of aromatic nitrogens is 2. The van der Waals surface area contributed by atoms with Crippen LogP contribution in [0.4, 0.5) is 0 Å². The number of hydrogen-bond acceptors (Lipinski definition) is 4. The van der Waals surface area contributed by atoms with Crippen LogP contribution in [0.1, 0.15) is 24.7 Å². The average Bonchev–Trinajstić information content (AvgIpc) is 2.87. The molecular weight excluding hydrogens is 312 g/mol. The van der Waals surface area contributed by atoms with E-state index in [1.54, 1.807) is 11.6 Å². The second-order valence-corrected chi connectivity index (χ2v) is 5.89. The van der Waals surface area contributed by atoms with E-state index < -0.39 is 0 Å². The van der Waals surface area contributed by atoms with E-state index in [-0.39, 0.29) is 5.56 Å². The van der Waals surface area contributed by atoms with Crippen LogP contribution < -0.4 is 10.9 Å². The number of fused-ring (bicyclic) bond motifs is 2. The standard InChI is InChI=1S/C20H22N4O/c1-3-4-5-16(21-2)8-6-15-7-9-17-18(14-15)23-19-10-11-22-12-13-24(19)20(17)25/h4-5,7,9,14,22H,3,10-13H2,1-2H3/b5-4-,21-16?. The molecule has 128 valence electrons. The van der Waals surface area contributed by atoms with Crippen molar-refractivity contribution in [3.05, 3.63) is 52.1 Å². The van der Waals surface area contributed by atoms with E-state index in [9.17, 15) is 4.79 Å². The topological polar surface area (TPSA) is 59.3 Å². The van der Waals surface area contributed by atoms with Gasteiger partial charge in [-0.05, 0) is 36.6 Å². The fourth-order valence-corrected chi connectivity index (χ4v) is 2.82. The summed E-state index contributed by atoms with van der Waals surface area (Å²) in [7, 11) is 1.73. The molecule has 1 aliphatic heterocycles. The number of aliphatic imine (C=N–C) groups is 1. The van der Waals surface area contributed by atoms with E-state index in [1.807, 2.05) is 30.4 Å². The SMILES string of the molecule is CC/C=C\C(C#Cc1ccc2c(=O)n3c(nc2c1)CCNCC3)=NC. The maximum Gasteiger partial charge on any atom is 0.261 e. The van der Waals surface area contributed by atoms with Crippen molar-refractivity contribution in [3.8, 4) is 11.8 Å². The number of allylic oxidation sites excluding steroid dienone is 2. The molecule has 0 amide bonds. The molecule has 25 heavy (non-hydrogen) atoms. The van der Waals surface area contributed by atoms with Gasteiger partial charge in [0.15, 0.2) is 0 Å². The van der Waals surface area contributed by atoms with Crippen LogP contribution in [-0.4, -0.2) is 35.4 Å². The molecule has 0 atom stereocenters. The second-order valence-electron chi connectivity index (χ2n) is 5.89. The third-order valence-electron chi connectivity index (χ3n) is 4.16. The van der Waals surface area contributed by atoms with E-state index in [1.165, 1.54) is 0 Å². The van der Waals surface area contributed by atoms with Gasteiger partial charge >= 0.3 is 0 Å². The third kappa shape index (κ3) is 3.86. The van der Waals surface area contributed by atoms with Crippen LogP contribution in [0.5, 0.6) is 0 Å². The Bertz CT molecular complexity index is 957. The number of rotatable bonds is 2. The number of hydrogen-bond donors (Lipinski definition) is 1. The van der Waals surface area contributed by atoms with Crippen LogP contribution in [0.25, 0.3) is 10.9 Å². The molecule has 2 aromatic rings. The molecule has 5 nitrogen and oxygen atoms in total. The number of benzene rings is 1. The van der Waals surface area contributed by atoms with Crippen molar-refractivity contribution in [2.45, 2.75) is 26.3 Å². The summed E-state index contributed by atoms with van der Waals surface area (Å²) in [6.07, 6.45) is 5.66. The smallest absolute Gasteiger partial charge is 0.261 e. The maximum atomic E-state index is 12.7. The van der Waals surface area contributed by atoms with Crippen molar-refractivity contribution in [1.82, 2.24) is 14.9 Å². The highest BCUT2D eigenvalue weighted by Gasteiger charge is 2.13. The highest BCUT2D eigenvalue weighted by Crippen LogP contribution is 2.12. The Balaban J connectivity index is 2.01. The summed E-state index contributed by atoms with van der Waals surface area (Å²) < 4.78 is 1.78. The molecule has 0 unspecified atom stereocenters. The monoisotopic (exact) mass is 334 g/mol. The Hall–Kier alpha value is -2.71. The van der Waals surface area contributed by atoms with Crippen LogP contribution in [0.3, 0.4) is 0 Å². The molecule has 1 N–H and O–H groups in total. The summed E-state index contributed by atoms with van der Waals surface area (Å²) in [6.45, 7) is 4.38. The zero-order valence-corrected chi connectivity index (χ0v) is 14.7. The van der Waals surface area contributed by atoms with Crippen molar-refractivity contribution in [2.75, 3.05) is 20.1 Å². The fourth-order valence-electron chi connectivity index (χ4n) is 2.82. The van der Waals surface area contributed by atoms with Crippen LogP contribution in [0, 0.1) is 11.8 Å². The van der Waals surface area contributed by atoms with Gasteiger partial charge in [-0.15, -0.1) is 0 Å². The largest absolute Gasteiger partial charge is 0.315 e. The van der Waals surface area contributed by atoms with Gasteiger partial charge in [0.1, 0.15) is 11.5 Å². The molecule has 1 aromatic heterocycles. The summed E-state index contributed by atoms with van der Waals surface area (Å²) in [4.78, 5) is 21.6. The van der Waals surface area contributed by atoms with Gasteiger partial charge in [0.25, 0.3) is 5.56 Å². The van der Waals surface area contributed by atoms with E-state index >= 15 is 0 Å². The molecule has 2 heterocycles. The highest BCUT2D eigenvalue weighted by molar-refractivity contribution is 6.09. The Morgan fingerprint density at radius 3 is 3.12 bits per heavy atom. The molecule has 3 rings (SSSR count). The Morgan fingerprint density at radius 2 is 2.32 bits per heavy atom. The average molecular weight is 334 g/mol. The summed E-state index contributed by atoms with van der Waals surface area (Å²) >= 11 is 0. The molecule has 0 fully saturated rings. The van der Waals surface area contributed by atoms with Gasteiger partial charge in [-0.2, -0.15) is 0 Å². The van der Waals surface area contributed by atoms with Crippen molar-refractivity contribution in [2.24, 2.45) is 4.99 Å². The fraction of sp³-hybridized carbons (Fsp3) is 0.350. The maximum absolute atomic E-state index is 12.7. The van der Waals surface area contributed by atoms with Crippen molar-refractivity contribution in [3.63, 3.8) is 0 Å². The lowest BCUT2D eigenvalue weighted by molar-refractivity contribution is 0.627. The van der Waals surface area contributed by atoms with Crippen LogP contribution in [0.2, 0.25) is 0 Å². The molecule has 0 radical (unpaired) electrons. The predicted octanol–water partition coefficient (Wildman–Crippen LogP) is 1.93. The lowest BCUT2D eigenvalue weighted by atomic mass is 10.1. The third-order valence-corrected chi connectivity index (χ3v) is 4.16. The minimum Gasteiger partial charge on any atom is -0.315 e. The summed E-state index contributed by atoms with van der Waals surface area (Å²) in [5.74, 6) is 7.02. The summed E-state index contributed by atoms with van der Waals surface area (Å²) in [6, 6.07) is 5.59. The van der Waals surface area contributed by atoms with Gasteiger partial charge in [-0.3, -0.25) is 14.4 Å². The Morgan fingerprint density at radius 1 is 1.44 bits per heavy atom. The van der Waals surface area contributed by atoms with Gasteiger partial charge < -0.3 is 5.32 Å². The minimum absolute atomic E-state index is 0.0323. The second kappa shape index (κ2) is 7.91. The van der Waals surface area contributed by atoms with E-state index in [0.717, 1.165) is 43.0 Å². The van der Waals surface area contributed by atoms with Crippen molar-refractivity contribution >= 4 is 16.6 Å². The Labute approximate surface area is 147 Å². The molecule has 0 bridgehead atoms. The van der Waals surface area contributed by atoms with Gasteiger partial charge in [-0.25, -0.2) is 4.98 Å². The van der Waals surface area contributed by atoms with Crippen molar-refractivity contribution in [1.29, 1.82) is 0 Å². The molecule has 1 aliphatic rings. The molecule has 0 saturated heterocycles. The highest BCUT2D eigenvalue weighted by atomic mass is 16.1. The number of nitrogens with one attached hydrogen (secondary N) is 1. The van der Waals surface area contributed by atoms with E-state index in [4.69, 9.17) is 4.98 Å².